The minimum absolute atomic E-state index is 0.0545. The van der Waals surface area contributed by atoms with E-state index >= 15 is 0 Å². The van der Waals surface area contributed by atoms with Crippen LogP contribution < -0.4 is 5.43 Å². The van der Waals surface area contributed by atoms with E-state index in [-0.39, 0.29) is 10.7 Å². The molecule has 5 nitrogen and oxygen atoms in total. The van der Waals surface area contributed by atoms with Crippen LogP contribution in [-0.2, 0) is 0 Å². The highest BCUT2D eigenvalue weighted by Crippen LogP contribution is 2.33. The zero-order valence-electron chi connectivity index (χ0n) is 10.7. The summed E-state index contributed by atoms with van der Waals surface area (Å²) in [6, 6.07) is 7.34. The van der Waals surface area contributed by atoms with Crippen LogP contribution in [0.4, 0.5) is 11.4 Å². The number of hydrazone groups is 1. The van der Waals surface area contributed by atoms with Crippen molar-refractivity contribution in [1.29, 1.82) is 0 Å². The van der Waals surface area contributed by atoms with Gasteiger partial charge in [-0.3, -0.25) is 15.5 Å². The van der Waals surface area contributed by atoms with Gasteiger partial charge in [0.15, 0.2) is 0 Å². The van der Waals surface area contributed by atoms with E-state index in [9.17, 15) is 10.1 Å². The lowest BCUT2D eigenvalue weighted by molar-refractivity contribution is -0.384. The fourth-order valence-corrected chi connectivity index (χ4v) is 2.66. The molecule has 0 aliphatic rings. The van der Waals surface area contributed by atoms with Crippen molar-refractivity contribution in [3.05, 3.63) is 66.1 Å². The van der Waals surface area contributed by atoms with Crippen molar-refractivity contribution in [3.63, 3.8) is 0 Å². The number of nitrogens with zero attached hydrogens (tertiary/aromatic N) is 2. The number of anilines is 1. The van der Waals surface area contributed by atoms with Crippen LogP contribution in [0.3, 0.4) is 0 Å². The maximum Gasteiger partial charge on any atom is 0.288 e. The van der Waals surface area contributed by atoms with Crippen molar-refractivity contribution in [3.8, 4) is 0 Å². The number of benzene rings is 2. The summed E-state index contributed by atoms with van der Waals surface area (Å²) in [6.07, 6.45) is 1.38. The molecule has 2 aromatic rings. The number of rotatable bonds is 4. The second kappa shape index (κ2) is 7.15. The Hall–Kier alpha value is -1.53. The number of nitrogens with one attached hydrogen (secondary N) is 1. The first-order valence-corrected chi connectivity index (χ1v) is 7.27. The molecule has 0 atom stereocenters. The summed E-state index contributed by atoms with van der Waals surface area (Å²) in [6.45, 7) is 0. The third kappa shape index (κ3) is 4.01. The highest BCUT2D eigenvalue weighted by atomic mass is 35.5. The molecule has 1 N–H and O–H groups in total. The van der Waals surface area contributed by atoms with Gasteiger partial charge in [-0.25, -0.2) is 0 Å². The highest BCUT2D eigenvalue weighted by Gasteiger charge is 2.12. The van der Waals surface area contributed by atoms with E-state index in [0.29, 0.717) is 26.3 Å². The lowest BCUT2D eigenvalue weighted by Gasteiger charge is -2.06. The first-order valence-electron chi connectivity index (χ1n) is 5.76. The monoisotopic (exact) mass is 377 g/mol. The van der Waals surface area contributed by atoms with Gasteiger partial charge in [-0.2, -0.15) is 5.10 Å². The fraction of sp³-hybridized carbons (Fsp3) is 0. The van der Waals surface area contributed by atoms with Crippen molar-refractivity contribution in [2.75, 3.05) is 5.43 Å². The first kappa shape index (κ1) is 16.8. The summed E-state index contributed by atoms with van der Waals surface area (Å²) in [5.41, 5.74) is 3.34. The van der Waals surface area contributed by atoms with E-state index in [0.717, 1.165) is 0 Å². The maximum absolute atomic E-state index is 10.8. The van der Waals surface area contributed by atoms with E-state index in [1.165, 1.54) is 30.5 Å². The zero-order chi connectivity index (χ0) is 16.3. The summed E-state index contributed by atoms with van der Waals surface area (Å²) in [5, 5.41) is 15.8. The van der Waals surface area contributed by atoms with Crippen molar-refractivity contribution in [2.45, 2.75) is 0 Å². The van der Waals surface area contributed by atoms with Gasteiger partial charge in [0.2, 0.25) is 0 Å². The second-order valence-corrected chi connectivity index (χ2v) is 5.74. The minimum atomic E-state index is -0.569. The molecular formula is C13H7Cl4N3O2. The van der Waals surface area contributed by atoms with Gasteiger partial charge < -0.3 is 0 Å². The normalized spacial score (nSPS) is 10.9. The smallest absolute Gasteiger partial charge is 0.275 e. The van der Waals surface area contributed by atoms with Crippen LogP contribution in [-0.4, -0.2) is 11.1 Å². The van der Waals surface area contributed by atoms with E-state index in [1.807, 2.05) is 0 Å². The number of halogens is 4. The molecule has 2 aromatic carbocycles. The molecule has 0 aliphatic heterocycles. The molecule has 0 spiro atoms. The summed E-state index contributed by atoms with van der Waals surface area (Å²) < 4.78 is 0. The van der Waals surface area contributed by atoms with Gasteiger partial charge in [0.05, 0.1) is 26.9 Å². The Morgan fingerprint density at radius 1 is 1.05 bits per heavy atom. The maximum atomic E-state index is 10.8. The Balaban J connectivity index is 2.20. The summed E-state index contributed by atoms with van der Waals surface area (Å²) >= 11 is 23.5. The van der Waals surface area contributed by atoms with Crippen LogP contribution in [0.2, 0.25) is 20.1 Å². The molecule has 22 heavy (non-hydrogen) atoms. The second-order valence-electron chi connectivity index (χ2n) is 4.08. The highest BCUT2D eigenvalue weighted by molar-refractivity contribution is 6.41. The van der Waals surface area contributed by atoms with E-state index in [4.69, 9.17) is 46.4 Å². The molecule has 2 rings (SSSR count). The number of nitro groups is 1. The molecule has 0 saturated carbocycles. The third-order valence-corrected chi connectivity index (χ3v) is 3.70. The Bertz CT molecular complexity index is 742. The molecule has 0 fully saturated rings. The molecule has 9 heteroatoms. The summed E-state index contributed by atoms with van der Waals surface area (Å²) in [4.78, 5) is 10.2. The lowest BCUT2D eigenvalue weighted by Crippen LogP contribution is -1.94. The predicted octanol–water partition coefficient (Wildman–Crippen LogP) is 5.65. The molecule has 0 aliphatic carbocycles. The van der Waals surface area contributed by atoms with Gasteiger partial charge in [-0.1, -0.05) is 52.5 Å². The molecule has 0 heterocycles. The minimum Gasteiger partial charge on any atom is -0.275 e. The standard InChI is InChI=1S/C13H7Cl4N3O2/c14-8-4-10(16)13(11(17)5-8)19-18-6-7-1-2-9(15)12(3-7)20(21)22/h1-6,19H/b18-6-. The third-order valence-electron chi connectivity index (χ3n) is 2.56. The number of hydrogen-bond donors (Lipinski definition) is 1. The van der Waals surface area contributed by atoms with Crippen molar-refractivity contribution in [1.82, 2.24) is 0 Å². The SMILES string of the molecule is O=[N+]([O-])c1cc(/C=N\Nc2c(Cl)cc(Cl)cc2Cl)ccc1Cl. The largest absolute Gasteiger partial charge is 0.288 e. The van der Waals surface area contributed by atoms with Gasteiger partial charge in [0.1, 0.15) is 5.02 Å². The molecule has 0 saturated heterocycles. The topological polar surface area (TPSA) is 67.5 Å². The Morgan fingerprint density at radius 3 is 2.27 bits per heavy atom. The Kier molecular flexibility index (Phi) is 5.47. The van der Waals surface area contributed by atoms with E-state index in [1.54, 1.807) is 6.07 Å². The van der Waals surface area contributed by atoms with Gasteiger partial charge in [-0.15, -0.1) is 0 Å². The Morgan fingerprint density at radius 2 is 1.68 bits per heavy atom. The predicted molar refractivity (Wildman–Crippen MR) is 90.8 cm³/mol. The van der Waals surface area contributed by atoms with E-state index in [2.05, 4.69) is 10.5 Å². The summed E-state index contributed by atoms with van der Waals surface area (Å²) in [7, 11) is 0. The van der Waals surface area contributed by atoms with Gasteiger partial charge in [-0.05, 0) is 18.2 Å². The molecule has 0 unspecified atom stereocenters. The van der Waals surface area contributed by atoms with Crippen LogP contribution >= 0.6 is 46.4 Å². The number of nitro benzene ring substituents is 1. The average molecular weight is 379 g/mol. The van der Waals surface area contributed by atoms with Gasteiger partial charge in [0, 0.05) is 16.7 Å². The first-order chi connectivity index (χ1) is 10.4. The molecule has 0 amide bonds. The van der Waals surface area contributed by atoms with Crippen LogP contribution in [0, 0.1) is 10.1 Å². The molecule has 0 radical (unpaired) electrons. The van der Waals surface area contributed by atoms with Gasteiger partial charge >= 0.3 is 0 Å². The van der Waals surface area contributed by atoms with Crippen LogP contribution in [0.1, 0.15) is 5.56 Å². The van der Waals surface area contributed by atoms with Crippen LogP contribution in [0.25, 0.3) is 0 Å². The number of hydrogen-bond acceptors (Lipinski definition) is 4. The molecule has 0 aromatic heterocycles. The van der Waals surface area contributed by atoms with Crippen LogP contribution in [0.5, 0.6) is 0 Å². The average Bonchev–Trinajstić information content (AvgIpc) is 2.43. The Labute approximate surface area is 145 Å². The molecular weight excluding hydrogens is 372 g/mol. The van der Waals surface area contributed by atoms with Crippen molar-refractivity contribution < 1.29 is 4.92 Å². The quantitative estimate of drug-likeness (QED) is 0.424. The summed E-state index contributed by atoms with van der Waals surface area (Å²) in [5.74, 6) is 0. The van der Waals surface area contributed by atoms with E-state index < -0.39 is 4.92 Å². The zero-order valence-corrected chi connectivity index (χ0v) is 13.7. The van der Waals surface area contributed by atoms with Crippen molar-refractivity contribution >= 4 is 64.0 Å². The molecule has 0 bridgehead atoms. The fourth-order valence-electron chi connectivity index (χ4n) is 1.57. The lowest BCUT2D eigenvalue weighted by atomic mass is 10.2. The van der Waals surface area contributed by atoms with Gasteiger partial charge in [0.25, 0.3) is 5.69 Å². The van der Waals surface area contributed by atoms with Crippen molar-refractivity contribution in [2.24, 2.45) is 5.10 Å². The molecule has 114 valence electrons. The van der Waals surface area contributed by atoms with Crippen LogP contribution in [0.15, 0.2) is 35.4 Å².